The summed E-state index contributed by atoms with van der Waals surface area (Å²) < 4.78 is 5.46. The molecule has 68 heavy (non-hydrogen) atoms. The fourth-order valence-corrected chi connectivity index (χ4v) is 8.94. The number of esters is 1. The maximum Gasteiger partial charge on any atom is 0.305 e. The van der Waals surface area contributed by atoms with Crippen molar-refractivity contribution in [3.63, 3.8) is 0 Å². The number of rotatable bonds is 55. The number of aliphatic hydroxyl groups excluding tert-OH is 2. The quantitative estimate of drug-likeness (QED) is 0.0321. The average Bonchev–Trinajstić information content (AvgIpc) is 3.34. The molecule has 0 saturated carbocycles. The normalized spacial score (nSPS) is 12.9. The topological polar surface area (TPSA) is 95.9 Å². The Morgan fingerprint density at radius 1 is 0.412 bits per heavy atom. The van der Waals surface area contributed by atoms with Crippen molar-refractivity contribution in [2.24, 2.45) is 0 Å². The van der Waals surface area contributed by atoms with Gasteiger partial charge < -0.3 is 20.3 Å². The summed E-state index contributed by atoms with van der Waals surface area (Å²) in [6.07, 6.45) is 72.8. The van der Waals surface area contributed by atoms with Crippen molar-refractivity contribution in [2.45, 2.75) is 321 Å². The minimum atomic E-state index is -0.855. The van der Waals surface area contributed by atoms with Gasteiger partial charge in [0.15, 0.2) is 0 Å². The number of nitrogens with one attached hydrogen (secondary N) is 1. The van der Waals surface area contributed by atoms with Gasteiger partial charge in [-0.05, 0) is 83.5 Å². The number of carbonyl (C=O) groups is 2. The molecule has 0 aromatic rings. The third-order valence-corrected chi connectivity index (χ3v) is 13.6. The first kappa shape index (κ1) is 65.8. The van der Waals surface area contributed by atoms with Crippen molar-refractivity contribution >= 4 is 11.9 Å². The van der Waals surface area contributed by atoms with Gasteiger partial charge in [-0.25, -0.2) is 0 Å². The van der Waals surface area contributed by atoms with E-state index < -0.39 is 12.1 Å². The maximum absolute atomic E-state index is 12.5. The number of unbranched alkanes of at least 4 members (excludes halogenated alkanes) is 38. The zero-order chi connectivity index (χ0) is 49.3. The number of hydrogen-bond acceptors (Lipinski definition) is 5. The smallest absolute Gasteiger partial charge is 0.305 e. The minimum Gasteiger partial charge on any atom is -0.466 e. The predicted molar refractivity (Wildman–Crippen MR) is 296 cm³/mol. The number of aliphatic hydroxyl groups is 2. The van der Waals surface area contributed by atoms with Crippen LogP contribution in [-0.2, 0) is 14.3 Å². The van der Waals surface area contributed by atoms with Crippen LogP contribution in [0.1, 0.15) is 309 Å². The van der Waals surface area contributed by atoms with Crippen LogP contribution in [0.5, 0.6) is 0 Å². The van der Waals surface area contributed by atoms with Crippen LogP contribution in [0.3, 0.4) is 0 Å². The largest absolute Gasteiger partial charge is 0.466 e. The molecule has 0 fully saturated rings. The van der Waals surface area contributed by atoms with E-state index in [2.05, 4.69) is 55.6 Å². The predicted octanol–water partition coefficient (Wildman–Crippen LogP) is 18.6. The molecule has 0 aromatic heterocycles. The summed E-state index contributed by atoms with van der Waals surface area (Å²) in [5.74, 6) is -0.0943. The lowest BCUT2D eigenvalue weighted by atomic mass is 10.0. The van der Waals surface area contributed by atoms with Crippen molar-refractivity contribution in [3.05, 3.63) is 48.6 Å². The molecule has 0 aliphatic carbocycles. The van der Waals surface area contributed by atoms with Crippen LogP contribution in [-0.4, -0.2) is 47.4 Å². The number of hydrogen-bond donors (Lipinski definition) is 3. The van der Waals surface area contributed by atoms with Crippen LogP contribution in [0.4, 0.5) is 0 Å². The molecule has 3 N–H and O–H groups in total. The van der Waals surface area contributed by atoms with E-state index in [0.717, 1.165) is 70.6 Å². The Kier molecular flexibility index (Phi) is 55.6. The second-order valence-corrected chi connectivity index (χ2v) is 20.3. The summed E-state index contributed by atoms with van der Waals surface area (Å²) >= 11 is 0. The van der Waals surface area contributed by atoms with E-state index in [1.165, 1.54) is 212 Å². The number of ether oxygens (including phenoxy) is 1. The van der Waals surface area contributed by atoms with Gasteiger partial charge >= 0.3 is 5.97 Å². The minimum absolute atomic E-state index is 0.0128. The molecule has 0 aliphatic heterocycles. The SMILES string of the molecule is CCCC/C=C\C/C=C\CCCCCCCC(=O)OCCCCCCCCCCC/C=C\CCCCCCCC(=O)NC(CO)C(O)/C=C/CCCCCCCCCCCCCCCCCCC. The third-order valence-electron chi connectivity index (χ3n) is 13.6. The first-order valence-corrected chi connectivity index (χ1v) is 29.9. The zero-order valence-corrected chi connectivity index (χ0v) is 45.3. The van der Waals surface area contributed by atoms with Crippen molar-refractivity contribution in [1.82, 2.24) is 5.32 Å². The van der Waals surface area contributed by atoms with E-state index >= 15 is 0 Å². The van der Waals surface area contributed by atoms with Gasteiger partial charge in [0, 0.05) is 12.8 Å². The average molecular weight is 955 g/mol. The summed E-state index contributed by atoms with van der Waals surface area (Å²) in [6.45, 7) is 4.85. The highest BCUT2D eigenvalue weighted by atomic mass is 16.5. The first-order chi connectivity index (χ1) is 33.5. The van der Waals surface area contributed by atoms with Crippen LogP contribution < -0.4 is 5.32 Å². The van der Waals surface area contributed by atoms with Gasteiger partial charge in [0.25, 0.3) is 0 Å². The van der Waals surface area contributed by atoms with Crippen LogP contribution in [0.15, 0.2) is 48.6 Å². The Morgan fingerprint density at radius 3 is 1.18 bits per heavy atom. The standard InChI is InChI=1S/C62H115NO5/c1-3-5-7-9-11-13-15-17-19-20-21-24-27-30-34-38-42-46-50-54-60(65)59(58-64)63-61(66)55-51-47-43-39-35-31-28-25-22-23-26-29-33-37-41-45-49-53-57-68-62(67)56-52-48-44-40-36-32-18-16-14-12-10-8-6-4-2/h10,12,16,18,25,28,50,54,59-60,64-65H,3-9,11,13-15,17,19-24,26-27,29-49,51-53,55-58H2,1-2H3,(H,63,66)/b12-10-,18-16-,28-25-,54-50+. The Bertz CT molecular complexity index is 1150. The van der Waals surface area contributed by atoms with Crippen molar-refractivity contribution in [2.75, 3.05) is 13.2 Å². The van der Waals surface area contributed by atoms with Gasteiger partial charge in [-0.15, -0.1) is 0 Å². The Balaban J connectivity index is 3.50. The highest BCUT2D eigenvalue weighted by Crippen LogP contribution is 2.16. The zero-order valence-electron chi connectivity index (χ0n) is 45.3. The summed E-state index contributed by atoms with van der Waals surface area (Å²) in [7, 11) is 0. The molecule has 2 unspecified atom stereocenters. The fourth-order valence-electron chi connectivity index (χ4n) is 8.94. The lowest BCUT2D eigenvalue weighted by Gasteiger charge is -2.20. The number of amides is 1. The molecule has 0 aliphatic rings. The molecule has 2 atom stereocenters. The molecule has 6 nitrogen and oxygen atoms in total. The molecule has 6 heteroatoms. The van der Waals surface area contributed by atoms with Gasteiger partial charge in [0.05, 0.1) is 25.4 Å². The molecule has 0 rings (SSSR count). The molecular weight excluding hydrogens is 839 g/mol. The lowest BCUT2D eigenvalue weighted by molar-refractivity contribution is -0.143. The lowest BCUT2D eigenvalue weighted by Crippen LogP contribution is -2.45. The Hall–Kier alpha value is -2.18. The molecule has 0 spiro atoms. The molecule has 398 valence electrons. The summed E-state index contributed by atoms with van der Waals surface area (Å²) in [4.78, 5) is 24.5. The van der Waals surface area contributed by atoms with E-state index in [-0.39, 0.29) is 18.5 Å². The molecule has 0 bridgehead atoms. The van der Waals surface area contributed by atoms with Crippen LogP contribution in [0.2, 0.25) is 0 Å². The van der Waals surface area contributed by atoms with E-state index in [4.69, 9.17) is 4.74 Å². The Labute approximate surface area is 423 Å². The number of carbonyl (C=O) groups excluding carboxylic acids is 2. The summed E-state index contributed by atoms with van der Waals surface area (Å²) in [5.41, 5.74) is 0. The summed E-state index contributed by atoms with van der Waals surface area (Å²) in [5, 5.41) is 23.2. The second kappa shape index (κ2) is 57.4. The fraction of sp³-hybridized carbons (Fsp3) is 0.839. The van der Waals surface area contributed by atoms with Gasteiger partial charge in [-0.3, -0.25) is 9.59 Å². The number of allylic oxidation sites excluding steroid dienone is 7. The monoisotopic (exact) mass is 954 g/mol. The van der Waals surface area contributed by atoms with E-state index in [1.54, 1.807) is 6.08 Å². The van der Waals surface area contributed by atoms with Crippen molar-refractivity contribution in [1.29, 1.82) is 0 Å². The Morgan fingerprint density at radius 2 is 0.750 bits per heavy atom. The molecule has 0 radical (unpaired) electrons. The van der Waals surface area contributed by atoms with E-state index in [1.807, 2.05) is 6.08 Å². The second-order valence-electron chi connectivity index (χ2n) is 20.3. The van der Waals surface area contributed by atoms with Gasteiger partial charge in [0.2, 0.25) is 5.91 Å². The van der Waals surface area contributed by atoms with E-state index in [9.17, 15) is 19.8 Å². The summed E-state index contributed by atoms with van der Waals surface area (Å²) in [6, 6.07) is -0.640. The van der Waals surface area contributed by atoms with Crippen LogP contribution in [0.25, 0.3) is 0 Å². The van der Waals surface area contributed by atoms with Crippen LogP contribution >= 0.6 is 0 Å². The van der Waals surface area contributed by atoms with Gasteiger partial charge in [-0.1, -0.05) is 262 Å². The van der Waals surface area contributed by atoms with Crippen molar-refractivity contribution in [3.8, 4) is 0 Å². The highest BCUT2D eigenvalue weighted by Gasteiger charge is 2.18. The molecule has 0 saturated heterocycles. The third kappa shape index (κ3) is 53.2. The first-order valence-electron chi connectivity index (χ1n) is 29.9. The van der Waals surface area contributed by atoms with E-state index in [0.29, 0.717) is 19.4 Å². The maximum atomic E-state index is 12.5. The van der Waals surface area contributed by atoms with Gasteiger partial charge in [0.1, 0.15) is 0 Å². The molecule has 0 heterocycles. The van der Waals surface area contributed by atoms with Crippen LogP contribution in [0, 0.1) is 0 Å². The van der Waals surface area contributed by atoms with Crippen molar-refractivity contribution < 1.29 is 24.5 Å². The van der Waals surface area contributed by atoms with Gasteiger partial charge in [-0.2, -0.15) is 0 Å². The molecule has 0 aromatic carbocycles. The highest BCUT2D eigenvalue weighted by molar-refractivity contribution is 5.76. The molecule has 1 amide bonds. The molecular formula is C62H115NO5.